The molecule has 0 atom stereocenters. The molecule has 2 amide bonds. The van der Waals surface area contributed by atoms with Crippen LogP contribution in [-0.4, -0.2) is 37.6 Å². The zero-order chi connectivity index (χ0) is 23.3. The minimum atomic E-state index is -3.62. The second-order valence-electron chi connectivity index (χ2n) is 7.84. The van der Waals surface area contributed by atoms with Crippen LogP contribution in [0.5, 0.6) is 0 Å². The van der Waals surface area contributed by atoms with Gasteiger partial charge in [0.1, 0.15) is 0 Å². The topological polar surface area (TPSA) is 95.6 Å². The molecule has 1 fully saturated rings. The Balaban J connectivity index is 1.42. The number of piperidine rings is 1. The number of hydrogen-bond donors (Lipinski definition) is 2. The number of nitrogens with zero attached hydrogens (tertiary/aromatic N) is 1. The second-order valence-corrected chi connectivity index (χ2v) is 9.78. The zero-order valence-electron chi connectivity index (χ0n) is 18.0. The second kappa shape index (κ2) is 9.97. The van der Waals surface area contributed by atoms with Crippen LogP contribution >= 0.6 is 0 Å². The van der Waals surface area contributed by atoms with Gasteiger partial charge in [0.25, 0.3) is 11.8 Å². The van der Waals surface area contributed by atoms with Gasteiger partial charge >= 0.3 is 0 Å². The van der Waals surface area contributed by atoms with E-state index in [0.29, 0.717) is 30.0 Å². The fourth-order valence-electron chi connectivity index (χ4n) is 3.69. The van der Waals surface area contributed by atoms with Crippen molar-refractivity contribution in [2.24, 2.45) is 0 Å². The van der Waals surface area contributed by atoms with E-state index in [2.05, 4.69) is 10.6 Å². The van der Waals surface area contributed by atoms with Crippen molar-refractivity contribution in [3.8, 4) is 0 Å². The molecule has 0 bridgehead atoms. The Morgan fingerprint density at radius 1 is 0.667 bits per heavy atom. The van der Waals surface area contributed by atoms with Crippen molar-refractivity contribution in [1.29, 1.82) is 0 Å². The third-order valence-corrected chi connectivity index (χ3v) is 7.38. The SMILES string of the molecule is O=C(Nc1ccc(NC(=O)c2cccc(S(=O)(=O)N3CCCCC3)c2)cc1)c1ccccc1. The molecule has 33 heavy (non-hydrogen) atoms. The number of carbonyl (C=O) groups is 2. The first kappa shape index (κ1) is 22.7. The lowest BCUT2D eigenvalue weighted by molar-refractivity contribution is 0.101. The fourth-order valence-corrected chi connectivity index (χ4v) is 5.25. The minimum Gasteiger partial charge on any atom is -0.322 e. The summed E-state index contributed by atoms with van der Waals surface area (Å²) >= 11 is 0. The van der Waals surface area contributed by atoms with Crippen molar-refractivity contribution in [3.05, 3.63) is 90.0 Å². The number of carbonyl (C=O) groups excluding carboxylic acids is 2. The van der Waals surface area contributed by atoms with Crippen LogP contribution in [0.15, 0.2) is 83.8 Å². The Bertz CT molecular complexity index is 1240. The summed E-state index contributed by atoms with van der Waals surface area (Å²) in [7, 11) is -3.62. The van der Waals surface area contributed by atoms with Gasteiger partial charge in [-0.05, 0) is 67.4 Å². The molecule has 0 aliphatic carbocycles. The molecule has 0 aromatic heterocycles. The normalized spacial score (nSPS) is 14.4. The minimum absolute atomic E-state index is 0.121. The van der Waals surface area contributed by atoms with Crippen molar-refractivity contribution in [2.75, 3.05) is 23.7 Å². The average Bonchev–Trinajstić information content (AvgIpc) is 2.86. The molecule has 3 aromatic carbocycles. The van der Waals surface area contributed by atoms with E-state index in [1.807, 2.05) is 6.07 Å². The summed E-state index contributed by atoms with van der Waals surface area (Å²) in [6.07, 6.45) is 2.73. The van der Waals surface area contributed by atoms with Gasteiger partial charge in [-0.25, -0.2) is 8.42 Å². The summed E-state index contributed by atoms with van der Waals surface area (Å²) in [6, 6.07) is 21.7. The summed E-state index contributed by atoms with van der Waals surface area (Å²) in [5.74, 6) is -0.633. The first-order chi connectivity index (χ1) is 15.9. The summed E-state index contributed by atoms with van der Waals surface area (Å²) in [6.45, 7) is 1.01. The summed E-state index contributed by atoms with van der Waals surface area (Å²) in [4.78, 5) is 25.1. The van der Waals surface area contributed by atoms with Crippen LogP contribution in [0.25, 0.3) is 0 Å². The molecule has 0 radical (unpaired) electrons. The third-order valence-electron chi connectivity index (χ3n) is 5.49. The molecule has 170 valence electrons. The molecule has 0 spiro atoms. The van der Waals surface area contributed by atoms with Crippen LogP contribution < -0.4 is 10.6 Å². The molecular weight excluding hydrogens is 438 g/mol. The maximum Gasteiger partial charge on any atom is 0.255 e. The Morgan fingerprint density at radius 2 is 1.21 bits per heavy atom. The molecule has 4 rings (SSSR count). The van der Waals surface area contributed by atoms with Crippen LogP contribution in [0.4, 0.5) is 11.4 Å². The lowest BCUT2D eigenvalue weighted by atomic mass is 10.2. The Kier molecular flexibility index (Phi) is 6.86. The van der Waals surface area contributed by atoms with Gasteiger partial charge in [-0.3, -0.25) is 9.59 Å². The van der Waals surface area contributed by atoms with Crippen LogP contribution in [-0.2, 0) is 10.0 Å². The maximum atomic E-state index is 12.9. The number of rotatable bonds is 6. The number of sulfonamides is 1. The molecule has 7 nitrogen and oxygen atoms in total. The maximum absolute atomic E-state index is 12.9. The lowest BCUT2D eigenvalue weighted by Crippen LogP contribution is -2.35. The number of benzene rings is 3. The van der Waals surface area contributed by atoms with E-state index in [-0.39, 0.29) is 16.4 Å². The zero-order valence-corrected chi connectivity index (χ0v) is 18.8. The van der Waals surface area contributed by atoms with E-state index in [4.69, 9.17) is 0 Å². The highest BCUT2D eigenvalue weighted by Crippen LogP contribution is 2.22. The van der Waals surface area contributed by atoms with Crippen LogP contribution in [0.2, 0.25) is 0 Å². The van der Waals surface area contributed by atoms with Crippen molar-refractivity contribution < 1.29 is 18.0 Å². The fraction of sp³-hybridized carbons (Fsp3) is 0.200. The van der Waals surface area contributed by atoms with Crippen molar-refractivity contribution in [1.82, 2.24) is 4.31 Å². The quantitative estimate of drug-likeness (QED) is 0.568. The molecule has 1 aliphatic heterocycles. The molecule has 0 unspecified atom stereocenters. The molecule has 0 saturated carbocycles. The van der Waals surface area contributed by atoms with Gasteiger partial charge in [0, 0.05) is 35.6 Å². The highest BCUT2D eigenvalue weighted by molar-refractivity contribution is 7.89. The number of amides is 2. The van der Waals surface area contributed by atoms with Crippen molar-refractivity contribution in [3.63, 3.8) is 0 Å². The van der Waals surface area contributed by atoms with Gasteiger partial charge in [-0.1, -0.05) is 30.7 Å². The molecule has 2 N–H and O–H groups in total. The Hall–Kier alpha value is -3.49. The predicted molar refractivity (Wildman–Crippen MR) is 128 cm³/mol. The first-order valence-electron chi connectivity index (χ1n) is 10.8. The van der Waals surface area contributed by atoms with Gasteiger partial charge in [-0.2, -0.15) is 4.31 Å². The average molecular weight is 464 g/mol. The molecule has 3 aromatic rings. The summed E-state index contributed by atoms with van der Waals surface area (Å²) < 4.78 is 27.3. The third kappa shape index (κ3) is 5.47. The van der Waals surface area contributed by atoms with Crippen molar-refractivity contribution >= 4 is 33.2 Å². The smallest absolute Gasteiger partial charge is 0.255 e. The largest absolute Gasteiger partial charge is 0.322 e. The molecule has 1 aliphatic rings. The van der Waals surface area contributed by atoms with E-state index >= 15 is 0 Å². The summed E-state index contributed by atoms with van der Waals surface area (Å²) in [5.41, 5.74) is 1.93. The van der Waals surface area contributed by atoms with E-state index in [9.17, 15) is 18.0 Å². The predicted octanol–water partition coefficient (Wildman–Crippen LogP) is 4.37. The first-order valence-corrected chi connectivity index (χ1v) is 12.3. The number of hydrogen-bond acceptors (Lipinski definition) is 4. The van der Waals surface area contributed by atoms with E-state index in [1.54, 1.807) is 60.7 Å². The standard InChI is InChI=1S/C25H25N3O4S/c29-24(19-8-3-1-4-9-19)26-21-12-14-22(15-13-21)27-25(30)20-10-7-11-23(18-20)33(31,32)28-16-5-2-6-17-28/h1,3-4,7-15,18H,2,5-6,16-17H2,(H,26,29)(H,27,30). The molecular formula is C25H25N3O4S. The van der Waals surface area contributed by atoms with Gasteiger partial charge in [0.2, 0.25) is 10.0 Å². The van der Waals surface area contributed by atoms with Crippen LogP contribution in [0.3, 0.4) is 0 Å². The Labute approximate surface area is 193 Å². The molecule has 1 heterocycles. The summed E-state index contributed by atoms with van der Waals surface area (Å²) in [5, 5.41) is 5.57. The lowest BCUT2D eigenvalue weighted by Gasteiger charge is -2.26. The molecule has 1 saturated heterocycles. The van der Waals surface area contributed by atoms with Gasteiger partial charge in [0.05, 0.1) is 4.90 Å². The van der Waals surface area contributed by atoms with Gasteiger partial charge < -0.3 is 10.6 Å². The Morgan fingerprint density at radius 3 is 1.82 bits per heavy atom. The van der Waals surface area contributed by atoms with E-state index < -0.39 is 15.9 Å². The van der Waals surface area contributed by atoms with Crippen LogP contribution in [0, 0.1) is 0 Å². The van der Waals surface area contributed by atoms with E-state index in [1.165, 1.54) is 16.4 Å². The van der Waals surface area contributed by atoms with Crippen LogP contribution in [0.1, 0.15) is 40.0 Å². The number of anilines is 2. The highest BCUT2D eigenvalue weighted by atomic mass is 32.2. The van der Waals surface area contributed by atoms with Crippen molar-refractivity contribution in [2.45, 2.75) is 24.2 Å². The number of nitrogens with one attached hydrogen (secondary N) is 2. The van der Waals surface area contributed by atoms with E-state index in [0.717, 1.165) is 19.3 Å². The van der Waals surface area contributed by atoms with Gasteiger partial charge in [0.15, 0.2) is 0 Å². The highest BCUT2D eigenvalue weighted by Gasteiger charge is 2.26. The van der Waals surface area contributed by atoms with Gasteiger partial charge in [-0.15, -0.1) is 0 Å². The monoisotopic (exact) mass is 463 g/mol. The molecule has 8 heteroatoms.